The fourth-order valence-corrected chi connectivity index (χ4v) is 5.29. The lowest BCUT2D eigenvalue weighted by Gasteiger charge is -2.34. The molecule has 0 saturated carbocycles. The highest BCUT2D eigenvalue weighted by Crippen LogP contribution is 2.35. The molecule has 1 aromatic heterocycles. The van der Waals surface area contributed by atoms with Crippen molar-refractivity contribution < 1.29 is 14.0 Å². The molecule has 2 aromatic rings. The maximum absolute atomic E-state index is 13.5. The predicted molar refractivity (Wildman–Crippen MR) is 116 cm³/mol. The molecule has 0 radical (unpaired) electrons. The minimum absolute atomic E-state index is 0.0593. The summed E-state index contributed by atoms with van der Waals surface area (Å²) in [4.78, 5) is 34.8. The minimum atomic E-state index is -0.352. The third-order valence-corrected chi connectivity index (χ3v) is 7.14. The maximum atomic E-state index is 13.5. The predicted octanol–water partition coefficient (Wildman–Crippen LogP) is 3.39. The van der Waals surface area contributed by atoms with Crippen LogP contribution in [0.5, 0.6) is 0 Å². The zero-order chi connectivity index (χ0) is 21.3. The molecule has 6 nitrogen and oxygen atoms in total. The maximum Gasteiger partial charge on any atom is 0.227 e. The van der Waals surface area contributed by atoms with Crippen LogP contribution in [0.4, 0.5) is 15.2 Å². The van der Waals surface area contributed by atoms with Crippen LogP contribution in [0.1, 0.15) is 35.9 Å². The van der Waals surface area contributed by atoms with Crippen LogP contribution in [0.15, 0.2) is 18.2 Å². The number of aryl methyl sites for hydroxylation is 2. The molecule has 8 heteroatoms. The molecule has 160 valence electrons. The largest absolute Gasteiger partial charge is 0.345 e. The van der Waals surface area contributed by atoms with Gasteiger partial charge in [-0.05, 0) is 43.9 Å². The van der Waals surface area contributed by atoms with Crippen molar-refractivity contribution in [3.63, 3.8) is 0 Å². The summed E-state index contributed by atoms with van der Waals surface area (Å²) in [6, 6.07) is 4.44. The number of nitrogens with one attached hydrogen (secondary N) is 1. The van der Waals surface area contributed by atoms with Gasteiger partial charge in [-0.1, -0.05) is 13.0 Å². The molecule has 4 rings (SSSR count). The third-order valence-electron chi connectivity index (χ3n) is 5.96. The van der Waals surface area contributed by atoms with E-state index in [0.717, 1.165) is 55.4 Å². The minimum Gasteiger partial charge on any atom is -0.345 e. The Morgan fingerprint density at radius 2 is 2.03 bits per heavy atom. The van der Waals surface area contributed by atoms with Crippen molar-refractivity contribution in [3.05, 3.63) is 40.2 Å². The molecule has 1 aromatic carbocycles. The first-order valence-electron chi connectivity index (χ1n) is 10.5. The molecule has 1 unspecified atom stereocenters. The number of fused-ring (bicyclic) bond motifs is 1. The molecule has 2 amide bonds. The number of halogens is 1. The van der Waals surface area contributed by atoms with Gasteiger partial charge in [0.2, 0.25) is 11.8 Å². The van der Waals surface area contributed by atoms with Gasteiger partial charge in [-0.2, -0.15) is 0 Å². The molecule has 1 fully saturated rings. The Morgan fingerprint density at radius 1 is 1.27 bits per heavy atom. The van der Waals surface area contributed by atoms with Crippen molar-refractivity contribution in [2.45, 2.75) is 39.5 Å². The number of nitrogens with zero attached hydrogens (tertiary/aromatic N) is 3. The molecule has 1 aliphatic heterocycles. The normalized spacial score (nSPS) is 18.8. The number of rotatable bonds is 4. The van der Waals surface area contributed by atoms with Crippen LogP contribution >= 0.6 is 11.3 Å². The van der Waals surface area contributed by atoms with Crippen molar-refractivity contribution in [3.8, 4) is 0 Å². The molecular formula is C22H27FN4O2S. The Labute approximate surface area is 180 Å². The second-order valence-electron chi connectivity index (χ2n) is 7.98. The average Bonchev–Trinajstić information content (AvgIpc) is 3.19. The van der Waals surface area contributed by atoms with Gasteiger partial charge in [0.05, 0.1) is 5.69 Å². The van der Waals surface area contributed by atoms with Crippen molar-refractivity contribution >= 4 is 34.0 Å². The highest BCUT2D eigenvalue weighted by atomic mass is 32.1. The van der Waals surface area contributed by atoms with E-state index in [9.17, 15) is 14.0 Å². The Kier molecular flexibility index (Phi) is 6.04. The van der Waals surface area contributed by atoms with Crippen LogP contribution in [0.25, 0.3) is 0 Å². The number of hydrogen-bond acceptors (Lipinski definition) is 5. The molecule has 2 heterocycles. The average molecular weight is 431 g/mol. The summed E-state index contributed by atoms with van der Waals surface area (Å²) in [5.74, 6) is -0.339. The molecule has 1 atom stereocenters. The van der Waals surface area contributed by atoms with E-state index in [1.54, 1.807) is 17.4 Å². The Balaban J connectivity index is 1.39. The smallest absolute Gasteiger partial charge is 0.227 e. The van der Waals surface area contributed by atoms with E-state index in [2.05, 4.69) is 10.2 Å². The molecular weight excluding hydrogens is 403 g/mol. The lowest BCUT2D eigenvalue weighted by molar-refractivity contribution is -0.131. The number of aromatic nitrogens is 1. The number of benzene rings is 1. The van der Waals surface area contributed by atoms with Crippen LogP contribution < -0.4 is 10.2 Å². The first-order valence-corrected chi connectivity index (χ1v) is 11.3. The summed E-state index contributed by atoms with van der Waals surface area (Å²) in [7, 11) is 0. The van der Waals surface area contributed by atoms with Gasteiger partial charge >= 0.3 is 0 Å². The van der Waals surface area contributed by atoms with E-state index in [-0.39, 0.29) is 23.5 Å². The SMILES string of the molecule is CCC(=O)N1CCN(c2nc3c(s2)CC(C(=O)Nc2cc(F)ccc2C)CC3)CC1. The van der Waals surface area contributed by atoms with Crippen molar-refractivity contribution in [2.24, 2.45) is 5.92 Å². The number of hydrogen-bond donors (Lipinski definition) is 1. The lowest BCUT2D eigenvalue weighted by Crippen LogP contribution is -2.48. The molecule has 1 N–H and O–H groups in total. The first-order chi connectivity index (χ1) is 14.4. The molecule has 30 heavy (non-hydrogen) atoms. The van der Waals surface area contributed by atoms with E-state index >= 15 is 0 Å². The van der Waals surface area contributed by atoms with Crippen molar-refractivity contribution in [2.75, 3.05) is 36.4 Å². The molecule has 2 aliphatic rings. The van der Waals surface area contributed by atoms with E-state index < -0.39 is 0 Å². The van der Waals surface area contributed by atoms with Crippen LogP contribution in [-0.2, 0) is 22.4 Å². The van der Waals surface area contributed by atoms with E-state index in [1.807, 2.05) is 18.7 Å². The quantitative estimate of drug-likeness (QED) is 0.808. The summed E-state index contributed by atoms with van der Waals surface area (Å²) >= 11 is 1.66. The highest BCUT2D eigenvalue weighted by Gasteiger charge is 2.30. The van der Waals surface area contributed by atoms with Crippen LogP contribution in [-0.4, -0.2) is 47.9 Å². The summed E-state index contributed by atoms with van der Waals surface area (Å²) in [5.41, 5.74) is 2.48. The lowest BCUT2D eigenvalue weighted by atomic mass is 9.90. The van der Waals surface area contributed by atoms with Gasteiger partial charge in [-0.25, -0.2) is 9.37 Å². The summed E-state index contributed by atoms with van der Waals surface area (Å²) in [6.07, 6.45) is 2.74. The second-order valence-corrected chi connectivity index (χ2v) is 9.04. The van der Waals surface area contributed by atoms with Crippen LogP contribution in [0.3, 0.4) is 0 Å². The van der Waals surface area contributed by atoms with E-state index in [4.69, 9.17) is 4.98 Å². The Morgan fingerprint density at radius 3 is 2.77 bits per heavy atom. The number of thiazole rings is 1. The summed E-state index contributed by atoms with van der Waals surface area (Å²) < 4.78 is 13.5. The highest BCUT2D eigenvalue weighted by molar-refractivity contribution is 7.15. The van der Waals surface area contributed by atoms with E-state index in [0.29, 0.717) is 18.5 Å². The van der Waals surface area contributed by atoms with E-state index in [1.165, 1.54) is 17.0 Å². The van der Waals surface area contributed by atoms with Gasteiger partial charge < -0.3 is 15.1 Å². The molecule has 1 saturated heterocycles. The van der Waals surface area contributed by atoms with Crippen molar-refractivity contribution in [1.29, 1.82) is 0 Å². The number of anilines is 2. The van der Waals surface area contributed by atoms with Gasteiger partial charge in [-0.15, -0.1) is 11.3 Å². The van der Waals surface area contributed by atoms with Gasteiger partial charge in [0, 0.05) is 49.1 Å². The fraction of sp³-hybridized carbons (Fsp3) is 0.500. The molecule has 0 spiro atoms. The third kappa shape index (κ3) is 4.33. The topological polar surface area (TPSA) is 65.5 Å². The van der Waals surface area contributed by atoms with Gasteiger partial charge in [0.25, 0.3) is 0 Å². The van der Waals surface area contributed by atoms with Gasteiger partial charge in [-0.3, -0.25) is 9.59 Å². The van der Waals surface area contributed by atoms with Crippen LogP contribution in [0.2, 0.25) is 0 Å². The second kappa shape index (κ2) is 8.71. The number of carbonyl (C=O) groups excluding carboxylic acids is 2. The number of amides is 2. The number of piperazine rings is 1. The van der Waals surface area contributed by atoms with Gasteiger partial charge in [0.1, 0.15) is 5.82 Å². The zero-order valence-electron chi connectivity index (χ0n) is 17.4. The standard InChI is InChI=1S/C22H27FN4O2S/c1-3-20(28)26-8-10-27(11-9-26)22-25-17-7-5-15(12-19(17)30-22)21(29)24-18-13-16(23)6-4-14(18)2/h4,6,13,15H,3,5,7-12H2,1-2H3,(H,24,29). The summed E-state index contributed by atoms with van der Waals surface area (Å²) in [6.45, 7) is 6.80. The van der Waals surface area contributed by atoms with Crippen LogP contribution in [0, 0.1) is 18.7 Å². The summed E-state index contributed by atoms with van der Waals surface area (Å²) in [5, 5.41) is 3.89. The number of carbonyl (C=O) groups is 2. The van der Waals surface area contributed by atoms with Crippen molar-refractivity contribution in [1.82, 2.24) is 9.88 Å². The molecule has 1 aliphatic carbocycles. The fourth-order valence-electron chi connectivity index (χ4n) is 4.05. The first kappa shape index (κ1) is 20.8. The molecule has 0 bridgehead atoms. The monoisotopic (exact) mass is 430 g/mol. The Bertz CT molecular complexity index is 953. The Hall–Kier alpha value is -2.48. The van der Waals surface area contributed by atoms with Gasteiger partial charge in [0.15, 0.2) is 5.13 Å². The zero-order valence-corrected chi connectivity index (χ0v) is 18.2.